The van der Waals surface area contributed by atoms with Gasteiger partial charge < -0.3 is 15.2 Å². The van der Waals surface area contributed by atoms with Crippen molar-refractivity contribution in [1.82, 2.24) is 9.97 Å². The maximum absolute atomic E-state index is 9.32. The Hall–Kier alpha value is -1.36. The summed E-state index contributed by atoms with van der Waals surface area (Å²) in [4.78, 5) is 8.09. The third-order valence-electron chi connectivity index (χ3n) is 2.10. The number of aliphatic hydroxyl groups excluding tert-OH is 1. The van der Waals surface area contributed by atoms with Crippen molar-refractivity contribution in [2.45, 2.75) is 25.9 Å². The molecule has 15 heavy (non-hydrogen) atoms. The Balaban J connectivity index is 2.31. The molecule has 1 rings (SSSR count). The first-order chi connectivity index (χ1) is 7.26. The predicted octanol–water partition coefficient (Wildman–Crippen LogP) is 1.06. The number of methoxy groups -OCH3 is 1. The van der Waals surface area contributed by atoms with Crippen molar-refractivity contribution in [2.75, 3.05) is 19.0 Å². The molecule has 84 valence electrons. The van der Waals surface area contributed by atoms with E-state index >= 15 is 0 Å². The average Bonchev–Trinajstić information content (AvgIpc) is 2.29. The second kappa shape index (κ2) is 6.19. The van der Waals surface area contributed by atoms with E-state index in [0.29, 0.717) is 24.7 Å². The minimum absolute atomic E-state index is 0.254. The molecule has 2 N–H and O–H groups in total. The lowest BCUT2D eigenvalue weighted by atomic mass is 10.2. The average molecular weight is 211 g/mol. The highest BCUT2D eigenvalue weighted by molar-refractivity contribution is 5.26. The zero-order valence-electron chi connectivity index (χ0n) is 9.10. The van der Waals surface area contributed by atoms with Gasteiger partial charge in [-0.05, 0) is 12.8 Å². The maximum atomic E-state index is 9.32. The van der Waals surface area contributed by atoms with Gasteiger partial charge >= 0.3 is 0 Å². The fourth-order valence-corrected chi connectivity index (χ4v) is 1.07. The summed E-state index contributed by atoms with van der Waals surface area (Å²) >= 11 is 0. The molecule has 5 heteroatoms. The van der Waals surface area contributed by atoms with Crippen molar-refractivity contribution in [3.8, 4) is 5.75 Å². The number of nitrogens with one attached hydrogen (secondary N) is 1. The standard InChI is InChI=1S/C10H17N3O2/c1-3-8(14)4-5-11-10-12-6-9(15-2)7-13-10/h6-8,14H,3-5H2,1-2H3,(H,11,12,13). The molecule has 1 unspecified atom stereocenters. The molecule has 1 heterocycles. The molecule has 0 aliphatic carbocycles. The first-order valence-electron chi connectivity index (χ1n) is 5.04. The quantitative estimate of drug-likeness (QED) is 0.736. The van der Waals surface area contributed by atoms with Crippen LogP contribution in [-0.2, 0) is 0 Å². The molecule has 5 nitrogen and oxygen atoms in total. The van der Waals surface area contributed by atoms with Crippen LogP contribution in [0.3, 0.4) is 0 Å². The molecule has 0 aliphatic heterocycles. The van der Waals surface area contributed by atoms with Gasteiger partial charge in [-0.25, -0.2) is 9.97 Å². The van der Waals surface area contributed by atoms with Crippen molar-refractivity contribution in [1.29, 1.82) is 0 Å². The molecule has 1 aromatic rings. The SMILES string of the molecule is CCC(O)CCNc1ncc(OC)cn1. The molecule has 1 atom stereocenters. The van der Waals surface area contributed by atoms with Gasteiger partial charge in [-0.3, -0.25) is 0 Å². The van der Waals surface area contributed by atoms with Gasteiger partial charge in [0.2, 0.25) is 5.95 Å². The van der Waals surface area contributed by atoms with E-state index in [4.69, 9.17) is 4.74 Å². The van der Waals surface area contributed by atoms with Crippen LogP contribution in [-0.4, -0.2) is 34.8 Å². The van der Waals surface area contributed by atoms with Crippen molar-refractivity contribution < 1.29 is 9.84 Å². The number of rotatable bonds is 6. The number of ether oxygens (including phenoxy) is 1. The topological polar surface area (TPSA) is 67.3 Å². The normalized spacial score (nSPS) is 12.2. The van der Waals surface area contributed by atoms with Crippen LogP contribution in [0.2, 0.25) is 0 Å². The van der Waals surface area contributed by atoms with Gasteiger partial charge in [-0.1, -0.05) is 6.92 Å². The van der Waals surface area contributed by atoms with Crippen molar-refractivity contribution in [3.63, 3.8) is 0 Å². The molecule has 0 aromatic carbocycles. The van der Waals surface area contributed by atoms with Crippen LogP contribution in [0.1, 0.15) is 19.8 Å². The number of hydrogen-bond acceptors (Lipinski definition) is 5. The minimum Gasteiger partial charge on any atom is -0.494 e. The van der Waals surface area contributed by atoms with E-state index in [2.05, 4.69) is 15.3 Å². The highest BCUT2D eigenvalue weighted by atomic mass is 16.5. The van der Waals surface area contributed by atoms with Crippen molar-refractivity contribution in [2.24, 2.45) is 0 Å². The van der Waals surface area contributed by atoms with Crippen LogP contribution in [0.25, 0.3) is 0 Å². The Morgan fingerprint density at radius 1 is 1.47 bits per heavy atom. The van der Waals surface area contributed by atoms with E-state index in [-0.39, 0.29) is 6.10 Å². The zero-order chi connectivity index (χ0) is 11.1. The lowest BCUT2D eigenvalue weighted by Crippen LogP contribution is -2.13. The Labute approximate surface area is 89.5 Å². The fraction of sp³-hybridized carbons (Fsp3) is 0.600. The monoisotopic (exact) mass is 211 g/mol. The summed E-state index contributed by atoms with van der Waals surface area (Å²) in [5.41, 5.74) is 0. The van der Waals surface area contributed by atoms with Crippen LogP contribution < -0.4 is 10.1 Å². The third-order valence-corrected chi connectivity index (χ3v) is 2.10. The van der Waals surface area contributed by atoms with Crippen LogP contribution in [0.4, 0.5) is 5.95 Å². The van der Waals surface area contributed by atoms with Crippen molar-refractivity contribution >= 4 is 5.95 Å². The number of nitrogens with zero attached hydrogens (tertiary/aromatic N) is 2. The van der Waals surface area contributed by atoms with Crippen LogP contribution >= 0.6 is 0 Å². The van der Waals surface area contributed by atoms with Gasteiger partial charge in [-0.2, -0.15) is 0 Å². The molecule has 0 aliphatic rings. The number of anilines is 1. The molecule has 0 fully saturated rings. The van der Waals surface area contributed by atoms with E-state index in [0.717, 1.165) is 6.42 Å². The molecule has 0 amide bonds. The lowest BCUT2D eigenvalue weighted by Gasteiger charge is -2.08. The van der Waals surface area contributed by atoms with Gasteiger partial charge in [-0.15, -0.1) is 0 Å². The molecular formula is C10H17N3O2. The predicted molar refractivity (Wildman–Crippen MR) is 58.0 cm³/mol. The van der Waals surface area contributed by atoms with E-state index in [1.807, 2.05) is 6.92 Å². The smallest absolute Gasteiger partial charge is 0.222 e. The number of aromatic nitrogens is 2. The molecule has 0 saturated heterocycles. The summed E-state index contributed by atoms with van der Waals surface area (Å²) < 4.78 is 4.94. The van der Waals surface area contributed by atoms with E-state index in [9.17, 15) is 5.11 Å². The Bertz CT molecular complexity index is 277. The summed E-state index contributed by atoms with van der Waals surface area (Å²) in [6.45, 7) is 2.62. The van der Waals surface area contributed by atoms with Crippen LogP contribution in [0, 0.1) is 0 Å². The first-order valence-corrected chi connectivity index (χ1v) is 5.04. The molecular weight excluding hydrogens is 194 g/mol. The Kier molecular flexibility index (Phi) is 4.83. The van der Waals surface area contributed by atoms with E-state index in [1.54, 1.807) is 19.5 Å². The number of hydrogen-bond donors (Lipinski definition) is 2. The van der Waals surface area contributed by atoms with Gasteiger partial charge in [0.15, 0.2) is 5.75 Å². The summed E-state index contributed by atoms with van der Waals surface area (Å²) in [6, 6.07) is 0. The molecule has 1 aromatic heterocycles. The molecule has 0 saturated carbocycles. The first kappa shape index (κ1) is 11.7. The van der Waals surface area contributed by atoms with Crippen LogP contribution in [0.5, 0.6) is 5.75 Å². The highest BCUT2D eigenvalue weighted by Crippen LogP contribution is 2.07. The van der Waals surface area contributed by atoms with E-state index < -0.39 is 0 Å². The zero-order valence-corrected chi connectivity index (χ0v) is 9.10. The summed E-state index contributed by atoms with van der Waals surface area (Å²) in [6.07, 6.45) is 4.42. The maximum Gasteiger partial charge on any atom is 0.222 e. The largest absolute Gasteiger partial charge is 0.494 e. The number of aliphatic hydroxyl groups is 1. The second-order valence-corrected chi connectivity index (χ2v) is 3.22. The highest BCUT2D eigenvalue weighted by Gasteiger charge is 2.01. The van der Waals surface area contributed by atoms with Crippen molar-refractivity contribution in [3.05, 3.63) is 12.4 Å². The van der Waals surface area contributed by atoms with Gasteiger partial charge in [0.25, 0.3) is 0 Å². The summed E-state index contributed by atoms with van der Waals surface area (Å²) in [5, 5.41) is 12.3. The Morgan fingerprint density at radius 3 is 2.67 bits per heavy atom. The molecule has 0 radical (unpaired) electrons. The fourth-order valence-electron chi connectivity index (χ4n) is 1.07. The van der Waals surface area contributed by atoms with Gasteiger partial charge in [0, 0.05) is 6.54 Å². The van der Waals surface area contributed by atoms with Gasteiger partial charge in [0.1, 0.15) is 0 Å². The van der Waals surface area contributed by atoms with Gasteiger partial charge in [0.05, 0.1) is 25.6 Å². The lowest BCUT2D eigenvalue weighted by molar-refractivity contribution is 0.164. The third kappa shape index (κ3) is 4.12. The minimum atomic E-state index is -0.254. The second-order valence-electron chi connectivity index (χ2n) is 3.22. The Morgan fingerprint density at radius 2 is 2.13 bits per heavy atom. The molecule has 0 spiro atoms. The summed E-state index contributed by atoms with van der Waals surface area (Å²) in [7, 11) is 1.57. The summed E-state index contributed by atoms with van der Waals surface area (Å²) in [5.74, 6) is 1.19. The van der Waals surface area contributed by atoms with Crippen LogP contribution in [0.15, 0.2) is 12.4 Å². The molecule has 0 bridgehead atoms. The van der Waals surface area contributed by atoms with E-state index in [1.165, 1.54) is 0 Å².